The minimum Gasteiger partial charge on any atom is -0.459 e. The lowest BCUT2D eigenvalue weighted by Crippen LogP contribution is -2.48. The number of aliphatic hydroxyl groups is 1. The van der Waals surface area contributed by atoms with Crippen molar-refractivity contribution in [3.63, 3.8) is 0 Å². The predicted octanol–water partition coefficient (Wildman–Crippen LogP) is 1.09. The van der Waals surface area contributed by atoms with Crippen LogP contribution in [0.3, 0.4) is 0 Å². The highest BCUT2D eigenvalue weighted by Crippen LogP contribution is 2.49. The number of nitrogens with two attached hydrogens (primary N) is 1. The second-order valence-electron chi connectivity index (χ2n) is 6.80. The minimum absolute atomic E-state index is 0.0962. The number of nitrogens with one attached hydrogen (secondary N) is 1. The maximum atomic E-state index is 15.1. The second kappa shape index (κ2) is 7.56. The standard InChI is InChI=1S/C17H14F2N8O5/c18-17(19)13(30)16(25-26-21,6-31-12(29)8-4-2-1-3-5-8)32-14(17)27-7-22-9-10(27)23-15(20)24-11(9)28/h1-5,7,13-14,30H,6H2,(H3,20,23,24,28)/t13-,14-,16-/m1/s1. The molecule has 3 aromatic rings. The Bertz CT molecular complexity index is 1290. The number of aromatic nitrogens is 4. The van der Waals surface area contributed by atoms with E-state index in [1.165, 1.54) is 12.1 Å². The first kappa shape index (κ1) is 21.2. The van der Waals surface area contributed by atoms with E-state index in [4.69, 9.17) is 20.7 Å². The molecule has 3 atom stereocenters. The van der Waals surface area contributed by atoms with E-state index in [9.17, 15) is 14.7 Å². The number of carbonyl (C=O) groups is 1. The van der Waals surface area contributed by atoms with Gasteiger partial charge in [-0.1, -0.05) is 23.3 Å². The Kier molecular flexibility index (Phi) is 5.00. The number of fused-ring (bicyclic) bond motifs is 1. The Morgan fingerprint density at radius 3 is 2.84 bits per heavy atom. The zero-order chi connectivity index (χ0) is 23.1. The third-order valence-electron chi connectivity index (χ3n) is 4.77. The molecule has 32 heavy (non-hydrogen) atoms. The molecule has 15 heteroatoms. The second-order valence-corrected chi connectivity index (χ2v) is 6.80. The number of aliphatic hydroxyl groups excluding tert-OH is 1. The summed E-state index contributed by atoms with van der Waals surface area (Å²) < 4.78 is 41.1. The first-order valence-electron chi connectivity index (χ1n) is 8.94. The normalized spacial score (nSPS) is 24.2. The van der Waals surface area contributed by atoms with Gasteiger partial charge in [-0.15, -0.1) is 0 Å². The van der Waals surface area contributed by atoms with Crippen molar-refractivity contribution in [1.82, 2.24) is 19.5 Å². The molecule has 0 aliphatic carbocycles. The molecule has 0 bridgehead atoms. The van der Waals surface area contributed by atoms with Crippen LogP contribution >= 0.6 is 0 Å². The number of aromatic amines is 1. The maximum absolute atomic E-state index is 15.1. The van der Waals surface area contributed by atoms with Gasteiger partial charge in [0.05, 0.1) is 11.9 Å². The van der Waals surface area contributed by atoms with Crippen LogP contribution < -0.4 is 11.3 Å². The summed E-state index contributed by atoms with van der Waals surface area (Å²) in [7, 11) is 0. The summed E-state index contributed by atoms with van der Waals surface area (Å²) >= 11 is 0. The number of esters is 1. The van der Waals surface area contributed by atoms with Gasteiger partial charge in [0.2, 0.25) is 17.9 Å². The lowest BCUT2D eigenvalue weighted by Gasteiger charge is -2.25. The van der Waals surface area contributed by atoms with Gasteiger partial charge in [-0.3, -0.25) is 14.3 Å². The van der Waals surface area contributed by atoms with Crippen LogP contribution in [0.25, 0.3) is 21.6 Å². The van der Waals surface area contributed by atoms with Gasteiger partial charge in [0.15, 0.2) is 17.3 Å². The number of azide groups is 1. The fraction of sp³-hybridized carbons (Fsp3) is 0.294. The van der Waals surface area contributed by atoms with E-state index in [0.29, 0.717) is 4.57 Å². The fourth-order valence-electron chi connectivity index (χ4n) is 3.25. The molecule has 0 spiro atoms. The van der Waals surface area contributed by atoms with Crippen LogP contribution in [-0.4, -0.2) is 55.0 Å². The Hall–Kier alpha value is -4.07. The van der Waals surface area contributed by atoms with E-state index in [2.05, 4.69) is 25.0 Å². The van der Waals surface area contributed by atoms with Gasteiger partial charge in [0, 0.05) is 4.91 Å². The van der Waals surface area contributed by atoms with Crippen LogP contribution in [0.15, 0.2) is 46.6 Å². The summed E-state index contributed by atoms with van der Waals surface area (Å²) in [4.78, 5) is 36.3. The molecule has 4 N–H and O–H groups in total. The topological polar surface area (TPSA) is 194 Å². The van der Waals surface area contributed by atoms with Crippen LogP contribution in [0.1, 0.15) is 16.6 Å². The number of ether oxygens (including phenoxy) is 2. The van der Waals surface area contributed by atoms with Gasteiger partial charge in [0.1, 0.15) is 6.61 Å². The number of alkyl halides is 2. The van der Waals surface area contributed by atoms with Crippen molar-refractivity contribution >= 4 is 23.1 Å². The lowest BCUT2D eigenvalue weighted by atomic mass is 10.0. The number of hydrogen-bond acceptors (Lipinski definition) is 9. The number of nitrogen functional groups attached to an aromatic ring is 1. The van der Waals surface area contributed by atoms with Crippen LogP contribution in [0.5, 0.6) is 0 Å². The van der Waals surface area contributed by atoms with Crippen molar-refractivity contribution < 1.29 is 28.2 Å². The number of rotatable bonds is 5. The molecule has 1 aliphatic rings. The molecule has 0 unspecified atom stereocenters. The smallest absolute Gasteiger partial charge is 0.338 e. The number of carbonyl (C=O) groups excluding carboxylic acids is 1. The molecule has 4 rings (SSSR count). The minimum atomic E-state index is -4.08. The maximum Gasteiger partial charge on any atom is 0.338 e. The molecular formula is C17H14F2N8O5. The number of nitrogens with zero attached hydrogens (tertiary/aromatic N) is 6. The lowest BCUT2D eigenvalue weighted by molar-refractivity contribution is -0.141. The number of benzene rings is 1. The van der Waals surface area contributed by atoms with Crippen molar-refractivity contribution in [3.8, 4) is 0 Å². The van der Waals surface area contributed by atoms with Crippen molar-refractivity contribution in [1.29, 1.82) is 0 Å². The third-order valence-corrected chi connectivity index (χ3v) is 4.77. The monoisotopic (exact) mass is 448 g/mol. The predicted molar refractivity (Wildman–Crippen MR) is 102 cm³/mol. The highest BCUT2D eigenvalue weighted by molar-refractivity contribution is 5.89. The zero-order valence-corrected chi connectivity index (χ0v) is 15.9. The number of halogens is 2. The number of hydrogen-bond donors (Lipinski definition) is 3. The molecule has 0 amide bonds. The molecule has 2 aromatic heterocycles. The van der Waals surface area contributed by atoms with Crippen LogP contribution in [0.2, 0.25) is 0 Å². The van der Waals surface area contributed by atoms with Crippen molar-refractivity contribution in [3.05, 3.63) is 63.0 Å². The summed E-state index contributed by atoms with van der Waals surface area (Å²) in [5.41, 5.74) is 10.3. The first-order chi connectivity index (χ1) is 15.2. The van der Waals surface area contributed by atoms with Gasteiger partial charge in [-0.25, -0.2) is 9.78 Å². The van der Waals surface area contributed by atoms with Crippen LogP contribution in [-0.2, 0) is 9.47 Å². The van der Waals surface area contributed by atoms with Gasteiger partial charge < -0.3 is 20.3 Å². The highest BCUT2D eigenvalue weighted by Gasteiger charge is 2.67. The summed E-state index contributed by atoms with van der Waals surface area (Å²) in [6.45, 7) is -1.03. The number of imidazole rings is 1. The summed E-state index contributed by atoms with van der Waals surface area (Å²) in [5.74, 6) is -5.38. The van der Waals surface area contributed by atoms with Gasteiger partial charge >= 0.3 is 11.9 Å². The molecule has 1 saturated heterocycles. The van der Waals surface area contributed by atoms with Crippen molar-refractivity contribution in [2.75, 3.05) is 12.3 Å². The molecule has 0 radical (unpaired) electrons. The average Bonchev–Trinajstić information content (AvgIpc) is 3.26. The highest BCUT2D eigenvalue weighted by atomic mass is 19.3. The Labute approximate surface area is 176 Å². The summed E-state index contributed by atoms with van der Waals surface area (Å²) in [6.07, 6.45) is -4.21. The molecule has 1 fully saturated rings. The Morgan fingerprint density at radius 1 is 1.44 bits per heavy atom. The quantitative estimate of drug-likeness (QED) is 0.223. The van der Waals surface area contributed by atoms with E-state index in [-0.39, 0.29) is 22.7 Å². The van der Waals surface area contributed by atoms with E-state index >= 15 is 8.78 Å². The third kappa shape index (κ3) is 3.30. The molecule has 166 valence electrons. The van der Waals surface area contributed by atoms with Crippen LogP contribution in [0.4, 0.5) is 14.7 Å². The van der Waals surface area contributed by atoms with Gasteiger partial charge in [-0.2, -0.15) is 13.8 Å². The largest absolute Gasteiger partial charge is 0.459 e. The molecule has 1 aliphatic heterocycles. The molecule has 1 aromatic carbocycles. The number of anilines is 1. The molecule has 0 saturated carbocycles. The Balaban J connectivity index is 1.71. The molecular weight excluding hydrogens is 434 g/mol. The number of H-pyrrole nitrogens is 1. The zero-order valence-electron chi connectivity index (χ0n) is 15.9. The SMILES string of the molecule is [N-]=[N+]=N[C@]1(COC(=O)c2ccccc2)O[C@@H](n2cnc3c(=O)[nH]c(N)nc32)C(F)(F)[C@@H]1O. The van der Waals surface area contributed by atoms with E-state index in [1.54, 1.807) is 18.2 Å². The van der Waals surface area contributed by atoms with Crippen molar-refractivity contribution in [2.24, 2.45) is 5.11 Å². The average molecular weight is 448 g/mol. The molecule has 3 heterocycles. The van der Waals surface area contributed by atoms with Crippen LogP contribution in [0, 0.1) is 0 Å². The van der Waals surface area contributed by atoms with Crippen molar-refractivity contribution in [2.45, 2.75) is 24.0 Å². The van der Waals surface area contributed by atoms with Gasteiger partial charge in [-0.05, 0) is 17.7 Å². The molecule has 13 nitrogen and oxygen atoms in total. The fourth-order valence-corrected chi connectivity index (χ4v) is 3.25. The first-order valence-corrected chi connectivity index (χ1v) is 8.94. The summed E-state index contributed by atoms with van der Waals surface area (Å²) in [6, 6.07) is 7.58. The summed E-state index contributed by atoms with van der Waals surface area (Å²) in [5, 5.41) is 13.5. The van der Waals surface area contributed by atoms with E-state index < -0.39 is 42.1 Å². The van der Waals surface area contributed by atoms with E-state index in [0.717, 1.165) is 6.33 Å². The Morgan fingerprint density at radius 2 is 2.16 bits per heavy atom. The van der Waals surface area contributed by atoms with E-state index in [1.807, 2.05) is 0 Å². The van der Waals surface area contributed by atoms with Gasteiger partial charge in [0.25, 0.3) is 5.56 Å².